The Labute approximate surface area is 134 Å². The first-order valence-electron chi connectivity index (χ1n) is 7.77. The summed E-state index contributed by atoms with van der Waals surface area (Å²) < 4.78 is 2.00. The Kier molecular flexibility index (Phi) is 3.26. The minimum Gasteiger partial charge on any atom is -0.334 e. The van der Waals surface area contributed by atoms with Crippen molar-refractivity contribution >= 4 is 5.91 Å². The minimum atomic E-state index is 0.0673. The summed E-state index contributed by atoms with van der Waals surface area (Å²) in [6, 6.07) is 11.7. The van der Waals surface area contributed by atoms with Gasteiger partial charge in [-0.1, -0.05) is 13.0 Å². The first-order valence-corrected chi connectivity index (χ1v) is 7.77. The minimum absolute atomic E-state index is 0.0673. The van der Waals surface area contributed by atoms with Crippen LogP contribution in [0.4, 0.5) is 0 Å². The molecule has 1 aromatic carbocycles. The van der Waals surface area contributed by atoms with E-state index in [1.165, 1.54) is 0 Å². The second-order valence-electron chi connectivity index (χ2n) is 6.04. The zero-order valence-corrected chi connectivity index (χ0v) is 12.9. The highest BCUT2D eigenvalue weighted by molar-refractivity contribution is 5.95. The van der Waals surface area contributed by atoms with Gasteiger partial charge in [-0.25, -0.2) is 0 Å². The standard InChI is InChI=1S/C18H18N4O/c1-13-11-22(12-15-10-19-20-17(13)15)18(23)14-5-4-6-16(9-14)21-7-2-3-8-21/h2-10,13H,11-12H2,1H3,(H,19,20). The van der Waals surface area contributed by atoms with Crippen molar-refractivity contribution in [3.05, 3.63) is 71.8 Å². The van der Waals surface area contributed by atoms with Crippen LogP contribution in [0.2, 0.25) is 0 Å². The number of hydrogen-bond acceptors (Lipinski definition) is 2. The molecule has 0 bridgehead atoms. The van der Waals surface area contributed by atoms with Crippen LogP contribution in [0.15, 0.2) is 55.0 Å². The molecular weight excluding hydrogens is 288 g/mol. The second-order valence-corrected chi connectivity index (χ2v) is 6.04. The monoisotopic (exact) mass is 306 g/mol. The van der Waals surface area contributed by atoms with E-state index in [-0.39, 0.29) is 11.8 Å². The zero-order valence-electron chi connectivity index (χ0n) is 12.9. The van der Waals surface area contributed by atoms with E-state index in [0.717, 1.165) is 22.5 Å². The van der Waals surface area contributed by atoms with Crippen LogP contribution < -0.4 is 0 Å². The quantitative estimate of drug-likeness (QED) is 0.791. The highest BCUT2D eigenvalue weighted by Gasteiger charge is 2.27. The van der Waals surface area contributed by atoms with Gasteiger partial charge in [0, 0.05) is 53.9 Å². The topological polar surface area (TPSA) is 53.9 Å². The molecule has 4 rings (SSSR count). The van der Waals surface area contributed by atoms with Crippen LogP contribution in [0, 0.1) is 0 Å². The number of H-pyrrole nitrogens is 1. The van der Waals surface area contributed by atoms with Gasteiger partial charge < -0.3 is 9.47 Å². The van der Waals surface area contributed by atoms with Crippen molar-refractivity contribution in [1.29, 1.82) is 0 Å². The molecule has 0 radical (unpaired) electrons. The normalized spacial score (nSPS) is 17.1. The number of nitrogens with zero attached hydrogens (tertiary/aromatic N) is 3. The van der Waals surface area contributed by atoms with E-state index < -0.39 is 0 Å². The van der Waals surface area contributed by atoms with Crippen molar-refractivity contribution in [1.82, 2.24) is 19.7 Å². The molecule has 1 atom stereocenters. The lowest BCUT2D eigenvalue weighted by Crippen LogP contribution is -2.37. The third-order valence-electron chi connectivity index (χ3n) is 4.38. The first kappa shape index (κ1) is 13.8. The summed E-state index contributed by atoms with van der Waals surface area (Å²) >= 11 is 0. The molecule has 0 saturated heterocycles. The number of benzene rings is 1. The summed E-state index contributed by atoms with van der Waals surface area (Å²) in [7, 11) is 0. The Bertz CT molecular complexity index is 834. The van der Waals surface area contributed by atoms with Gasteiger partial charge in [-0.15, -0.1) is 0 Å². The highest BCUT2D eigenvalue weighted by Crippen LogP contribution is 2.27. The molecule has 0 spiro atoms. The maximum Gasteiger partial charge on any atom is 0.254 e. The van der Waals surface area contributed by atoms with Gasteiger partial charge in [0.2, 0.25) is 0 Å². The third-order valence-corrected chi connectivity index (χ3v) is 4.38. The maximum absolute atomic E-state index is 12.9. The molecule has 1 aliphatic heterocycles. The summed E-state index contributed by atoms with van der Waals surface area (Å²) in [5.41, 5.74) is 3.97. The van der Waals surface area contributed by atoms with Crippen molar-refractivity contribution < 1.29 is 4.79 Å². The molecule has 1 amide bonds. The van der Waals surface area contributed by atoms with Crippen LogP contribution in [0.5, 0.6) is 0 Å². The lowest BCUT2D eigenvalue weighted by atomic mass is 9.98. The molecule has 116 valence electrons. The number of carbonyl (C=O) groups excluding carboxylic acids is 1. The van der Waals surface area contributed by atoms with Gasteiger partial charge in [-0.05, 0) is 30.3 Å². The largest absolute Gasteiger partial charge is 0.334 e. The van der Waals surface area contributed by atoms with Gasteiger partial charge in [-0.3, -0.25) is 9.89 Å². The number of amides is 1. The number of aromatic amines is 1. The summed E-state index contributed by atoms with van der Waals surface area (Å²) in [5, 5.41) is 7.15. The van der Waals surface area contributed by atoms with Crippen molar-refractivity contribution in [2.24, 2.45) is 0 Å². The van der Waals surface area contributed by atoms with E-state index in [1.807, 2.05) is 64.5 Å². The maximum atomic E-state index is 12.9. The molecular formula is C18H18N4O. The van der Waals surface area contributed by atoms with E-state index in [9.17, 15) is 4.79 Å². The Morgan fingerprint density at radius 3 is 2.91 bits per heavy atom. The van der Waals surface area contributed by atoms with Crippen molar-refractivity contribution in [2.45, 2.75) is 19.4 Å². The van der Waals surface area contributed by atoms with E-state index >= 15 is 0 Å². The van der Waals surface area contributed by atoms with Crippen molar-refractivity contribution in [3.63, 3.8) is 0 Å². The van der Waals surface area contributed by atoms with Gasteiger partial charge in [0.1, 0.15) is 0 Å². The Hall–Kier alpha value is -2.82. The predicted octanol–water partition coefficient (Wildman–Crippen LogP) is 2.96. The Morgan fingerprint density at radius 1 is 1.26 bits per heavy atom. The number of nitrogens with one attached hydrogen (secondary N) is 1. The van der Waals surface area contributed by atoms with E-state index in [1.54, 1.807) is 0 Å². The molecule has 0 fully saturated rings. The Balaban J connectivity index is 1.62. The molecule has 1 aliphatic rings. The molecule has 0 aliphatic carbocycles. The van der Waals surface area contributed by atoms with Crippen LogP contribution in [-0.4, -0.2) is 32.1 Å². The van der Waals surface area contributed by atoms with E-state index in [2.05, 4.69) is 17.1 Å². The van der Waals surface area contributed by atoms with Gasteiger partial charge in [0.25, 0.3) is 5.91 Å². The smallest absolute Gasteiger partial charge is 0.254 e. The molecule has 0 saturated carbocycles. The second kappa shape index (κ2) is 5.43. The fraction of sp³-hybridized carbons (Fsp3) is 0.222. The molecule has 23 heavy (non-hydrogen) atoms. The van der Waals surface area contributed by atoms with Crippen molar-refractivity contribution in [2.75, 3.05) is 6.54 Å². The fourth-order valence-electron chi connectivity index (χ4n) is 3.21. The first-order chi connectivity index (χ1) is 11.2. The lowest BCUT2D eigenvalue weighted by Gasteiger charge is -2.30. The number of fused-ring (bicyclic) bond motifs is 1. The molecule has 3 aromatic rings. The van der Waals surface area contributed by atoms with Gasteiger partial charge in [-0.2, -0.15) is 5.10 Å². The van der Waals surface area contributed by atoms with Gasteiger partial charge >= 0.3 is 0 Å². The molecule has 3 heterocycles. The highest BCUT2D eigenvalue weighted by atomic mass is 16.2. The van der Waals surface area contributed by atoms with Crippen LogP contribution in [0.3, 0.4) is 0 Å². The van der Waals surface area contributed by atoms with Crippen LogP contribution >= 0.6 is 0 Å². The average molecular weight is 306 g/mol. The summed E-state index contributed by atoms with van der Waals surface area (Å²) in [4.78, 5) is 14.8. The van der Waals surface area contributed by atoms with Crippen molar-refractivity contribution in [3.8, 4) is 5.69 Å². The van der Waals surface area contributed by atoms with Gasteiger partial charge in [0.05, 0.1) is 6.20 Å². The summed E-state index contributed by atoms with van der Waals surface area (Å²) in [6.07, 6.45) is 5.77. The number of carbonyl (C=O) groups is 1. The average Bonchev–Trinajstić information content (AvgIpc) is 3.25. The fourth-order valence-corrected chi connectivity index (χ4v) is 3.21. The molecule has 2 aromatic heterocycles. The van der Waals surface area contributed by atoms with E-state index in [4.69, 9.17) is 0 Å². The number of hydrogen-bond donors (Lipinski definition) is 1. The number of rotatable bonds is 2. The number of aromatic nitrogens is 3. The third kappa shape index (κ3) is 2.44. The molecule has 1 unspecified atom stereocenters. The Morgan fingerprint density at radius 2 is 2.09 bits per heavy atom. The molecule has 1 N–H and O–H groups in total. The SMILES string of the molecule is CC1CN(C(=O)c2cccc(-n3cccc3)c2)Cc2cn[nH]c21. The zero-order chi connectivity index (χ0) is 15.8. The molecule has 5 nitrogen and oxygen atoms in total. The summed E-state index contributed by atoms with van der Waals surface area (Å²) in [6.45, 7) is 3.44. The van der Waals surface area contributed by atoms with Crippen LogP contribution in [0.1, 0.15) is 34.5 Å². The van der Waals surface area contributed by atoms with E-state index in [0.29, 0.717) is 13.1 Å². The van der Waals surface area contributed by atoms with Gasteiger partial charge in [0.15, 0.2) is 0 Å². The van der Waals surface area contributed by atoms with Crippen LogP contribution in [-0.2, 0) is 6.54 Å². The molecule has 5 heteroatoms. The van der Waals surface area contributed by atoms with Crippen LogP contribution in [0.25, 0.3) is 5.69 Å². The summed E-state index contributed by atoms with van der Waals surface area (Å²) in [5.74, 6) is 0.343. The lowest BCUT2D eigenvalue weighted by molar-refractivity contribution is 0.0720. The predicted molar refractivity (Wildman–Crippen MR) is 87.5 cm³/mol.